The van der Waals surface area contributed by atoms with Crippen molar-refractivity contribution < 1.29 is 14.8 Å². The molecule has 0 heterocycles. The minimum atomic E-state index is -0.782. The largest absolute Gasteiger partial charge is 0.481 e. The average molecular weight is 294 g/mol. The maximum atomic E-state index is 11.0. The van der Waals surface area contributed by atoms with E-state index in [1.165, 1.54) is 6.07 Å². The molecule has 0 aliphatic heterocycles. The van der Waals surface area contributed by atoms with E-state index in [1.54, 1.807) is 6.07 Å². The third kappa shape index (κ3) is 5.41. The van der Waals surface area contributed by atoms with Gasteiger partial charge in [0.1, 0.15) is 5.69 Å². The van der Waals surface area contributed by atoms with Crippen molar-refractivity contribution in [2.45, 2.75) is 39.5 Å². The van der Waals surface area contributed by atoms with Gasteiger partial charge in [0.2, 0.25) is 0 Å². The van der Waals surface area contributed by atoms with Crippen LogP contribution in [-0.4, -0.2) is 22.5 Å². The number of aliphatic carboxylic acids is 1. The van der Waals surface area contributed by atoms with Gasteiger partial charge in [-0.1, -0.05) is 25.5 Å². The Bertz CT molecular complexity index is 502. The van der Waals surface area contributed by atoms with Gasteiger partial charge in [-0.2, -0.15) is 0 Å². The summed E-state index contributed by atoms with van der Waals surface area (Å²) in [7, 11) is 0. The van der Waals surface area contributed by atoms with Crippen LogP contribution >= 0.6 is 0 Å². The number of benzene rings is 1. The first-order valence-corrected chi connectivity index (χ1v) is 7.15. The highest BCUT2D eigenvalue weighted by molar-refractivity contribution is 5.66. The summed E-state index contributed by atoms with van der Waals surface area (Å²) in [4.78, 5) is 21.2. The van der Waals surface area contributed by atoms with E-state index in [0.29, 0.717) is 24.6 Å². The molecule has 0 aliphatic rings. The number of carbonyl (C=O) groups is 1. The molecule has 0 saturated carbocycles. The first-order chi connectivity index (χ1) is 9.95. The van der Waals surface area contributed by atoms with E-state index >= 15 is 0 Å². The fourth-order valence-corrected chi connectivity index (χ4v) is 2.32. The van der Waals surface area contributed by atoms with E-state index in [1.807, 2.05) is 19.9 Å². The van der Waals surface area contributed by atoms with E-state index in [-0.39, 0.29) is 12.1 Å². The summed E-state index contributed by atoms with van der Waals surface area (Å²) in [5.74, 6) is -0.465. The van der Waals surface area contributed by atoms with Crippen LogP contribution < -0.4 is 5.32 Å². The van der Waals surface area contributed by atoms with Crippen LogP contribution in [-0.2, 0) is 4.79 Å². The summed E-state index contributed by atoms with van der Waals surface area (Å²) in [6.45, 7) is 4.46. The van der Waals surface area contributed by atoms with Gasteiger partial charge in [-0.25, -0.2) is 0 Å². The molecule has 1 atom stereocenters. The molecule has 116 valence electrons. The van der Waals surface area contributed by atoms with Gasteiger partial charge in [0.25, 0.3) is 5.69 Å². The SMILES string of the molecule is CCC(CCNc1c(C)cccc1[N+](=O)[O-])CCC(=O)O. The molecular formula is C15H22N2O4. The monoisotopic (exact) mass is 294 g/mol. The first-order valence-electron chi connectivity index (χ1n) is 7.15. The molecule has 0 bridgehead atoms. The van der Waals surface area contributed by atoms with Crippen LogP contribution in [0.1, 0.15) is 38.2 Å². The lowest BCUT2D eigenvalue weighted by molar-refractivity contribution is -0.384. The zero-order valence-electron chi connectivity index (χ0n) is 12.5. The summed E-state index contributed by atoms with van der Waals surface area (Å²) in [6, 6.07) is 4.98. The Hall–Kier alpha value is -2.11. The lowest BCUT2D eigenvalue weighted by atomic mass is 9.96. The molecule has 2 N–H and O–H groups in total. The predicted octanol–water partition coefficient (Wildman–Crippen LogP) is 3.60. The number of nitro groups is 1. The van der Waals surface area contributed by atoms with E-state index in [4.69, 9.17) is 5.11 Å². The maximum Gasteiger partial charge on any atom is 0.303 e. The fraction of sp³-hybridized carbons (Fsp3) is 0.533. The third-order valence-electron chi connectivity index (χ3n) is 3.65. The average Bonchev–Trinajstić information content (AvgIpc) is 2.43. The van der Waals surface area contributed by atoms with Gasteiger partial charge in [0.05, 0.1) is 4.92 Å². The molecule has 0 spiro atoms. The predicted molar refractivity (Wildman–Crippen MR) is 81.6 cm³/mol. The number of nitro benzene ring substituents is 1. The van der Waals surface area contributed by atoms with Crippen molar-refractivity contribution in [2.24, 2.45) is 5.92 Å². The molecule has 0 radical (unpaired) electrons. The van der Waals surface area contributed by atoms with Crippen molar-refractivity contribution in [3.05, 3.63) is 33.9 Å². The van der Waals surface area contributed by atoms with Crippen molar-refractivity contribution >= 4 is 17.3 Å². The summed E-state index contributed by atoms with van der Waals surface area (Å²) in [5.41, 5.74) is 1.46. The first kappa shape index (κ1) is 16.9. The Morgan fingerprint density at radius 2 is 2.14 bits per heavy atom. The second-order valence-electron chi connectivity index (χ2n) is 5.15. The maximum absolute atomic E-state index is 11.0. The van der Waals surface area contributed by atoms with E-state index in [9.17, 15) is 14.9 Å². The number of hydrogen-bond donors (Lipinski definition) is 2. The highest BCUT2D eigenvalue weighted by Crippen LogP contribution is 2.28. The van der Waals surface area contributed by atoms with Crippen molar-refractivity contribution in [1.29, 1.82) is 0 Å². The lowest BCUT2D eigenvalue weighted by Gasteiger charge is -2.15. The van der Waals surface area contributed by atoms with Crippen molar-refractivity contribution in [2.75, 3.05) is 11.9 Å². The molecule has 0 fully saturated rings. The Labute approximate surface area is 124 Å². The van der Waals surface area contributed by atoms with Crippen LogP contribution in [0.5, 0.6) is 0 Å². The van der Waals surface area contributed by atoms with Gasteiger partial charge in [0, 0.05) is 19.0 Å². The van der Waals surface area contributed by atoms with E-state index < -0.39 is 10.9 Å². The molecule has 1 aromatic carbocycles. The highest BCUT2D eigenvalue weighted by Gasteiger charge is 2.15. The number of hydrogen-bond acceptors (Lipinski definition) is 4. The van der Waals surface area contributed by atoms with Crippen molar-refractivity contribution in [3.63, 3.8) is 0 Å². The van der Waals surface area contributed by atoms with Gasteiger partial charge in [-0.3, -0.25) is 14.9 Å². The van der Waals surface area contributed by atoms with Gasteiger partial charge < -0.3 is 10.4 Å². The fourth-order valence-electron chi connectivity index (χ4n) is 2.32. The Balaban J connectivity index is 2.59. The second kappa shape index (κ2) is 8.24. The molecular weight excluding hydrogens is 272 g/mol. The van der Waals surface area contributed by atoms with Crippen LogP contribution in [0.3, 0.4) is 0 Å². The quantitative estimate of drug-likeness (QED) is 0.536. The summed E-state index contributed by atoms with van der Waals surface area (Å²) >= 11 is 0. The molecule has 6 nitrogen and oxygen atoms in total. The number of carboxylic acid groups (broad SMARTS) is 1. The summed E-state index contributed by atoms with van der Waals surface area (Å²) in [6.07, 6.45) is 2.52. The summed E-state index contributed by atoms with van der Waals surface area (Å²) in [5, 5.41) is 22.8. The minimum absolute atomic E-state index is 0.0774. The van der Waals surface area contributed by atoms with Gasteiger partial charge in [-0.15, -0.1) is 0 Å². The zero-order chi connectivity index (χ0) is 15.8. The minimum Gasteiger partial charge on any atom is -0.481 e. The van der Waals surface area contributed by atoms with Gasteiger partial charge >= 0.3 is 5.97 Å². The molecule has 0 saturated heterocycles. The van der Waals surface area contributed by atoms with Crippen molar-refractivity contribution in [1.82, 2.24) is 0 Å². The number of aryl methyl sites for hydroxylation is 1. The molecule has 0 aliphatic carbocycles. The third-order valence-corrected chi connectivity index (χ3v) is 3.65. The van der Waals surface area contributed by atoms with Gasteiger partial charge in [0.15, 0.2) is 0 Å². The van der Waals surface area contributed by atoms with Crippen LogP contribution in [0, 0.1) is 23.0 Å². The Morgan fingerprint density at radius 1 is 1.43 bits per heavy atom. The van der Waals surface area contributed by atoms with E-state index in [0.717, 1.165) is 18.4 Å². The standard InChI is InChI=1S/C15H22N2O4/c1-3-12(7-8-14(18)19)9-10-16-15-11(2)5-4-6-13(15)17(20)21/h4-6,12,16H,3,7-10H2,1-2H3,(H,18,19). The zero-order valence-corrected chi connectivity index (χ0v) is 12.5. The lowest BCUT2D eigenvalue weighted by Crippen LogP contribution is -2.12. The number of anilines is 1. The highest BCUT2D eigenvalue weighted by atomic mass is 16.6. The smallest absolute Gasteiger partial charge is 0.303 e. The molecule has 1 unspecified atom stereocenters. The number of carboxylic acids is 1. The molecule has 0 amide bonds. The number of nitrogens with one attached hydrogen (secondary N) is 1. The van der Waals surface area contributed by atoms with Crippen LogP contribution in [0.25, 0.3) is 0 Å². The summed E-state index contributed by atoms with van der Waals surface area (Å²) < 4.78 is 0. The van der Waals surface area contributed by atoms with Crippen LogP contribution in [0.15, 0.2) is 18.2 Å². The molecule has 1 rings (SSSR count). The normalized spacial score (nSPS) is 11.9. The van der Waals surface area contributed by atoms with Crippen molar-refractivity contribution in [3.8, 4) is 0 Å². The molecule has 21 heavy (non-hydrogen) atoms. The molecule has 1 aromatic rings. The Morgan fingerprint density at radius 3 is 2.71 bits per heavy atom. The van der Waals surface area contributed by atoms with E-state index in [2.05, 4.69) is 5.32 Å². The number of rotatable bonds is 9. The topological polar surface area (TPSA) is 92.5 Å². The molecule has 0 aromatic heterocycles. The number of nitrogens with zero attached hydrogens (tertiary/aromatic N) is 1. The van der Waals surface area contributed by atoms with Crippen LogP contribution in [0.4, 0.5) is 11.4 Å². The molecule has 6 heteroatoms. The Kier molecular flexibility index (Phi) is 6.65. The number of para-hydroxylation sites is 1. The second-order valence-corrected chi connectivity index (χ2v) is 5.15. The van der Waals surface area contributed by atoms with Crippen LogP contribution in [0.2, 0.25) is 0 Å². The van der Waals surface area contributed by atoms with Gasteiger partial charge in [-0.05, 0) is 31.2 Å².